The zero-order valence-electron chi connectivity index (χ0n) is 9.75. The number of rotatable bonds is 3. The Balaban J connectivity index is 1.85. The molecule has 2 aromatic heterocycles. The van der Waals surface area contributed by atoms with Gasteiger partial charge in [-0.05, 0) is 18.6 Å². The molecule has 0 atom stereocenters. The molecule has 0 spiro atoms. The summed E-state index contributed by atoms with van der Waals surface area (Å²) in [5.74, 6) is 0. The Labute approximate surface area is 113 Å². The molecule has 0 saturated carbocycles. The number of nitrogens with one attached hydrogen (secondary N) is 1. The van der Waals surface area contributed by atoms with E-state index in [2.05, 4.69) is 34.3 Å². The van der Waals surface area contributed by atoms with Crippen LogP contribution in [0, 0.1) is 6.92 Å². The first-order chi connectivity index (χ1) is 8.83. The highest BCUT2D eigenvalue weighted by molar-refractivity contribution is 7.14. The lowest BCUT2D eigenvalue weighted by Crippen LogP contribution is -1.91. The predicted octanol–water partition coefficient (Wildman–Crippen LogP) is 4.32. The molecule has 0 fully saturated rings. The van der Waals surface area contributed by atoms with E-state index in [1.54, 1.807) is 22.7 Å². The highest BCUT2D eigenvalue weighted by Crippen LogP contribution is 2.27. The molecule has 0 aliphatic rings. The monoisotopic (exact) mass is 273 g/mol. The Morgan fingerprint density at radius 1 is 1.11 bits per heavy atom. The topological polar surface area (TPSA) is 37.8 Å². The van der Waals surface area contributed by atoms with Crippen LogP contribution in [0.25, 0.3) is 11.4 Å². The fraction of sp³-hybridized carbons (Fsp3) is 0.0769. The second-order valence-electron chi connectivity index (χ2n) is 3.85. The first-order valence-electron chi connectivity index (χ1n) is 5.49. The molecule has 1 N–H and O–H groups in total. The van der Waals surface area contributed by atoms with Crippen molar-refractivity contribution in [3.8, 4) is 11.4 Å². The smallest absolute Gasteiger partial charge is 0.187 e. The minimum absolute atomic E-state index is 0.896. The van der Waals surface area contributed by atoms with Gasteiger partial charge in [-0.1, -0.05) is 18.2 Å². The average molecular weight is 273 g/mol. The van der Waals surface area contributed by atoms with Crippen LogP contribution in [-0.2, 0) is 0 Å². The second-order valence-corrected chi connectivity index (χ2v) is 5.43. The van der Waals surface area contributed by atoms with E-state index in [-0.39, 0.29) is 0 Å². The lowest BCUT2D eigenvalue weighted by atomic mass is 10.2. The summed E-state index contributed by atoms with van der Waals surface area (Å²) in [5, 5.41) is 8.26. The Kier molecular flexibility index (Phi) is 3.08. The summed E-state index contributed by atoms with van der Waals surface area (Å²) in [4.78, 5) is 8.80. The van der Waals surface area contributed by atoms with Crippen LogP contribution in [0.4, 0.5) is 10.8 Å². The molecule has 0 unspecified atom stereocenters. The Bertz CT molecular complexity index is 644. The molecule has 3 nitrogen and oxygen atoms in total. The molecule has 0 aliphatic heterocycles. The zero-order chi connectivity index (χ0) is 12.4. The van der Waals surface area contributed by atoms with Gasteiger partial charge in [-0.15, -0.1) is 22.7 Å². The lowest BCUT2D eigenvalue weighted by Gasteiger charge is -2.05. The van der Waals surface area contributed by atoms with Crippen molar-refractivity contribution in [1.82, 2.24) is 9.97 Å². The molecule has 2 heterocycles. The molecule has 3 rings (SSSR count). The summed E-state index contributed by atoms with van der Waals surface area (Å²) in [6.07, 6.45) is 0. The molecule has 3 aromatic rings. The van der Waals surface area contributed by atoms with Crippen LogP contribution in [0.3, 0.4) is 0 Å². The van der Waals surface area contributed by atoms with E-state index in [4.69, 9.17) is 0 Å². The number of anilines is 2. The minimum atomic E-state index is 0.896. The Morgan fingerprint density at radius 2 is 2.00 bits per heavy atom. The number of aryl methyl sites for hydroxylation is 1. The number of benzene rings is 1. The zero-order valence-corrected chi connectivity index (χ0v) is 11.4. The van der Waals surface area contributed by atoms with E-state index in [1.165, 1.54) is 5.56 Å². The van der Waals surface area contributed by atoms with E-state index in [0.29, 0.717) is 0 Å². The van der Waals surface area contributed by atoms with E-state index >= 15 is 0 Å². The molecule has 0 saturated heterocycles. The van der Waals surface area contributed by atoms with E-state index < -0.39 is 0 Å². The van der Waals surface area contributed by atoms with Gasteiger partial charge in [-0.2, -0.15) is 0 Å². The van der Waals surface area contributed by atoms with Crippen molar-refractivity contribution < 1.29 is 0 Å². The number of para-hydroxylation sites is 1. The summed E-state index contributed by atoms with van der Waals surface area (Å²) < 4.78 is 0. The molecule has 5 heteroatoms. The molecular formula is C13H11N3S2. The number of hydrogen-bond donors (Lipinski definition) is 1. The highest BCUT2D eigenvalue weighted by Gasteiger charge is 2.06. The number of hydrogen-bond acceptors (Lipinski definition) is 5. The molecule has 0 aliphatic carbocycles. The normalized spacial score (nSPS) is 10.5. The fourth-order valence-corrected chi connectivity index (χ4v) is 2.88. The molecule has 90 valence electrons. The first kappa shape index (κ1) is 11.4. The van der Waals surface area contributed by atoms with Gasteiger partial charge in [0.25, 0.3) is 0 Å². The third-order valence-electron chi connectivity index (χ3n) is 2.59. The summed E-state index contributed by atoms with van der Waals surface area (Å²) in [5.41, 5.74) is 5.99. The van der Waals surface area contributed by atoms with Gasteiger partial charge in [0.05, 0.1) is 5.51 Å². The second kappa shape index (κ2) is 4.88. The van der Waals surface area contributed by atoms with Gasteiger partial charge in [-0.25, -0.2) is 9.97 Å². The minimum Gasteiger partial charge on any atom is -0.331 e. The van der Waals surface area contributed by atoms with Crippen LogP contribution in [0.15, 0.2) is 40.5 Å². The van der Waals surface area contributed by atoms with Crippen LogP contribution >= 0.6 is 22.7 Å². The van der Waals surface area contributed by atoms with Gasteiger partial charge in [0.1, 0.15) is 11.4 Å². The quantitative estimate of drug-likeness (QED) is 0.772. The van der Waals surface area contributed by atoms with Gasteiger partial charge in [-0.3, -0.25) is 0 Å². The van der Waals surface area contributed by atoms with Crippen molar-refractivity contribution in [1.29, 1.82) is 0 Å². The number of aromatic nitrogens is 2. The molecule has 0 bridgehead atoms. The van der Waals surface area contributed by atoms with Gasteiger partial charge < -0.3 is 5.32 Å². The third-order valence-corrected chi connectivity index (χ3v) is 3.93. The molecule has 0 amide bonds. The van der Waals surface area contributed by atoms with E-state index in [0.717, 1.165) is 22.2 Å². The highest BCUT2D eigenvalue weighted by atomic mass is 32.1. The molecule has 0 radical (unpaired) electrons. The van der Waals surface area contributed by atoms with Crippen molar-refractivity contribution in [2.24, 2.45) is 0 Å². The predicted molar refractivity (Wildman–Crippen MR) is 77.7 cm³/mol. The number of thiazole rings is 2. The fourth-order valence-electron chi connectivity index (χ4n) is 1.62. The van der Waals surface area contributed by atoms with Crippen molar-refractivity contribution in [3.05, 3.63) is 46.1 Å². The van der Waals surface area contributed by atoms with Gasteiger partial charge in [0.2, 0.25) is 0 Å². The van der Waals surface area contributed by atoms with Crippen LogP contribution < -0.4 is 5.32 Å². The first-order valence-corrected chi connectivity index (χ1v) is 7.32. The van der Waals surface area contributed by atoms with Gasteiger partial charge in [0, 0.05) is 16.4 Å². The summed E-state index contributed by atoms with van der Waals surface area (Å²) in [6, 6.07) is 8.18. The van der Waals surface area contributed by atoms with Crippen molar-refractivity contribution in [2.45, 2.75) is 6.92 Å². The Hall–Kier alpha value is -1.72. The summed E-state index contributed by atoms with van der Waals surface area (Å²) in [7, 11) is 0. The Morgan fingerprint density at radius 3 is 2.78 bits per heavy atom. The van der Waals surface area contributed by atoms with Crippen molar-refractivity contribution in [2.75, 3.05) is 5.32 Å². The van der Waals surface area contributed by atoms with Crippen molar-refractivity contribution >= 4 is 33.5 Å². The van der Waals surface area contributed by atoms with Crippen LogP contribution in [0.2, 0.25) is 0 Å². The van der Waals surface area contributed by atoms with Crippen LogP contribution in [0.1, 0.15) is 5.56 Å². The lowest BCUT2D eigenvalue weighted by molar-refractivity contribution is 1.32. The van der Waals surface area contributed by atoms with Gasteiger partial charge in [0.15, 0.2) is 5.13 Å². The standard InChI is InChI=1S/C13H11N3S2/c1-9-4-2-3-5-10(9)15-13-16-12(7-18-13)11-6-17-8-14-11/h2-8H,1H3,(H,15,16). The maximum absolute atomic E-state index is 4.54. The molecule has 1 aromatic carbocycles. The van der Waals surface area contributed by atoms with Crippen molar-refractivity contribution in [3.63, 3.8) is 0 Å². The SMILES string of the molecule is Cc1ccccc1Nc1nc(-c2cscn2)cs1. The maximum Gasteiger partial charge on any atom is 0.187 e. The maximum atomic E-state index is 4.54. The van der Waals surface area contributed by atoms with Crippen LogP contribution in [-0.4, -0.2) is 9.97 Å². The largest absolute Gasteiger partial charge is 0.331 e. The van der Waals surface area contributed by atoms with E-state index in [1.807, 2.05) is 28.4 Å². The summed E-state index contributed by atoms with van der Waals surface area (Å²) in [6.45, 7) is 2.08. The van der Waals surface area contributed by atoms with Gasteiger partial charge >= 0.3 is 0 Å². The molecule has 18 heavy (non-hydrogen) atoms. The average Bonchev–Trinajstić information content (AvgIpc) is 3.02. The van der Waals surface area contributed by atoms with Crippen LogP contribution in [0.5, 0.6) is 0 Å². The third kappa shape index (κ3) is 2.27. The molecular weight excluding hydrogens is 262 g/mol. The number of nitrogens with zero attached hydrogens (tertiary/aromatic N) is 2. The summed E-state index contributed by atoms with van der Waals surface area (Å²) >= 11 is 3.18. The van der Waals surface area contributed by atoms with E-state index in [9.17, 15) is 0 Å².